The number of rotatable bonds is 3. The second-order valence-corrected chi connectivity index (χ2v) is 7.78. The molecule has 1 aliphatic carbocycles. The van der Waals surface area contributed by atoms with Crippen LogP contribution in [0.15, 0.2) is 12.3 Å². The van der Waals surface area contributed by atoms with Crippen LogP contribution in [0.5, 0.6) is 0 Å². The van der Waals surface area contributed by atoms with Crippen LogP contribution in [0.2, 0.25) is 5.02 Å². The molecule has 140 valence electrons. The highest BCUT2D eigenvalue weighted by Crippen LogP contribution is 2.63. The van der Waals surface area contributed by atoms with Crippen LogP contribution in [0.3, 0.4) is 0 Å². The molecule has 0 radical (unpaired) electrons. The quantitative estimate of drug-likeness (QED) is 0.764. The molecule has 0 bridgehead atoms. The van der Waals surface area contributed by atoms with Crippen molar-refractivity contribution in [2.45, 2.75) is 31.8 Å². The molecule has 1 aliphatic heterocycles. The van der Waals surface area contributed by atoms with Gasteiger partial charge in [-0.15, -0.1) is 0 Å². The topological polar surface area (TPSA) is 81.2 Å². The Morgan fingerprint density at radius 3 is 2.81 bits per heavy atom. The van der Waals surface area contributed by atoms with Crippen molar-refractivity contribution in [1.82, 2.24) is 20.4 Å². The zero-order valence-corrected chi connectivity index (χ0v) is 15.3. The lowest BCUT2D eigenvalue weighted by molar-refractivity contribution is 0.0287. The number of piperidine rings is 1. The number of hydrogen-bond acceptors (Lipinski definition) is 3. The fourth-order valence-corrected chi connectivity index (χ4v) is 4.69. The summed E-state index contributed by atoms with van der Waals surface area (Å²) in [4.78, 5) is 13.6. The number of hydrogen-bond donors (Lipinski definition) is 3. The number of aliphatic hydroxyl groups excluding tert-OH is 1. The number of amides is 2. The first-order valence-electron chi connectivity index (χ1n) is 8.93. The smallest absolute Gasteiger partial charge is 0.317 e. The van der Waals surface area contributed by atoms with Crippen molar-refractivity contribution in [2.75, 3.05) is 20.1 Å². The van der Waals surface area contributed by atoms with Crippen molar-refractivity contribution in [2.24, 2.45) is 11.3 Å². The maximum Gasteiger partial charge on any atom is 0.317 e. The number of fused-ring (bicyclic) bond motifs is 1. The normalized spacial score (nSPS) is 21.0. The highest BCUT2D eigenvalue weighted by molar-refractivity contribution is 6.31. The summed E-state index contributed by atoms with van der Waals surface area (Å²) in [6.45, 7) is 1.30. The maximum absolute atomic E-state index is 14.8. The minimum Gasteiger partial charge on any atom is -0.388 e. The summed E-state index contributed by atoms with van der Waals surface area (Å²) in [5.74, 6) is -0.334. The molecule has 1 aromatic carbocycles. The Morgan fingerprint density at radius 2 is 2.19 bits per heavy atom. The number of H-pyrrole nitrogens is 1. The van der Waals surface area contributed by atoms with Crippen molar-refractivity contribution in [3.63, 3.8) is 0 Å². The van der Waals surface area contributed by atoms with E-state index in [-0.39, 0.29) is 28.0 Å². The summed E-state index contributed by atoms with van der Waals surface area (Å²) in [5, 5.41) is 21.3. The molecule has 2 aromatic rings. The van der Waals surface area contributed by atoms with Gasteiger partial charge < -0.3 is 15.3 Å². The number of aromatic amines is 1. The van der Waals surface area contributed by atoms with E-state index in [0.29, 0.717) is 24.0 Å². The lowest BCUT2D eigenvalue weighted by atomic mass is 9.75. The zero-order valence-electron chi connectivity index (χ0n) is 14.6. The van der Waals surface area contributed by atoms with Crippen LogP contribution in [-0.2, 0) is 0 Å². The average molecular weight is 381 g/mol. The first-order chi connectivity index (χ1) is 12.5. The number of urea groups is 1. The van der Waals surface area contributed by atoms with Gasteiger partial charge in [0.15, 0.2) is 0 Å². The Balaban J connectivity index is 1.61. The average Bonchev–Trinajstić information content (AvgIpc) is 3.35. The molecule has 1 atom stereocenters. The van der Waals surface area contributed by atoms with E-state index in [0.717, 1.165) is 25.7 Å². The largest absolute Gasteiger partial charge is 0.388 e. The molecule has 26 heavy (non-hydrogen) atoms. The van der Waals surface area contributed by atoms with E-state index < -0.39 is 11.9 Å². The summed E-state index contributed by atoms with van der Waals surface area (Å²) in [7, 11) is 1.62. The standard InChI is InChI=1S/C18H22ClFN4O2/c1-21-17(26)24-6-2-11(3-7-24)18(4-5-18)16(25)13-14(20)12(19)8-10-9-22-23-15(10)13/h8-9,11,16,25H,2-7H2,1H3,(H,21,26)(H,22,23). The molecule has 4 rings (SSSR count). The predicted octanol–water partition coefficient (Wildman–Crippen LogP) is 3.22. The molecular weight excluding hydrogens is 359 g/mol. The third-order valence-corrected chi connectivity index (χ3v) is 6.40. The van der Waals surface area contributed by atoms with Crippen molar-refractivity contribution >= 4 is 28.5 Å². The molecule has 1 saturated heterocycles. The van der Waals surface area contributed by atoms with Gasteiger partial charge in [-0.2, -0.15) is 5.10 Å². The molecule has 8 heteroatoms. The van der Waals surface area contributed by atoms with E-state index in [2.05, 4.69) is 15.5 Å². The van der Waals surface area contributed by atoms with Crippen molar-refractivity contribution in [1.29, 1.82) is 0 Å². The lowest BCUT2D eigenvalue weighted by Crippen LogP contribution is -2.45. The Labute approximate surface area is 155 Å². The second kappa shape index (κ2) is 6.39. The van der Waals surface area contributed by atoms with Crippen LogP contribution in [0.25, 0.3) is 10.9 Å². The Kier molecular flexibility index (Phi) is 4.31. The molecule has 0 spiro atoms. The SMILES string of the molecule is CNC(=O)N1CCC(C2(C(O)c3c(F)c(Cl)cc4cn[nH]c34)CC2)CC1. The van der Waals surface area contributed by atoms with Crippen molar-refractivity contribution < 1.29 is 14.3 Å². The number of carbonyl (C=O) groups is 1. The van der Waals surface area contributed by atoms with E-state index in [1.165, 1.54) is 6.07 Å². The molecular formula is C18H22ClFN4O2. The van der Waals surface area contributed by atoms with Gasteiger partial charge in [0.1, 0.15) is 5.82 Å². The van der Waals surface area contributed by atoms with Gasteiger partial charge in [0, 0.05) is 36.5 Å². The fraction of sp³-hybridized carbons (Fsp3) is 0.556. The summed E-state index contributed by atoms with van der Waals surface area (Å²) in [6.07, 6.45) is 3.94. The third-order valence-electron chi connectivity index (χ3n) is 6.12. The zero-order chi connectivity index (χ0) is 18.5. The minimum absolute atomic E-state index is 0.00168. The molecule has 1 aromatic heterocycles. The van der Waals surface area contributed by atoms with E-state index in [9.17, 15) is 14.3 Å². The highest BCUT2D eigenvalue weighted by atomic mass is 35.5. The molecule has 2 amide bonds. The molecule has 2 heterocycles. The van der Waals surface area contributed by atoms with Crippen LogP contribution in [0, 0.1) is 17.2 Å². The molecule has 1 unspecified atom stereocenters. The van der Waals surface area contributed by atoms with Crippen molar-refractivity contribution in [3.05, 3.63) is 28.7 Å². The first kappa shape index (κ1) is 17.5. The molecule has 2 fully saturated rings. The molecule has 6 nitrogen and oxygen atoms in total. The van der Waals surface area contributed by atoms with Gasteiger partial charge in [0.2, 0.25) is 0 Å². The van der Waals surface area contributed by atoms with Crippen LogP contribution in [0.1, 0.15) is 37.4 Å². The number of likely N-dealkylation sites (tertiary alicyclic amines) is 1. The van der Waals surface area contributed by atoms with Gasteiger partial charge >= 0.3 is 6.03 Å². The number of aliphatic hydroxyl groups is 1. The van der Waals surface area contributed by atoms with Crippen LogP contribution >= 0.6 is 11.6 Å². The Bertz CT molecular complexity index is 843. The van der Waals surface area contributed by atoms with Crippen LogP contribution in [0.4, 0.5) is 9.18 Å². The van der Waals surface area contributed by atoms with Gasteiger partial charge in [-0.25, -0.2) is 9.18 Å². The third kappa shape index (κ3) is 2.65. The molecule has 3 N–H and O–H groups in total. The molecule has 1 saturated carbocycles. The van der Waals surface area contributed by atoms with Gasteiger partial charge in [-0.05, 0) is 37.7 Å². The summed E-state index contributed by atoms with van der Waals surface area (Å²) >= 11 is 6.04. The van der Waals surface area contributed by atoms with E-state index in [1.54, 1.807) is 18.1 Å². The summed E-state index contributed by atoms with van der Waals surface area (Å²) in [6, 6.07) is 1.45. The predicted molar refractivity (Wildman–Crippen MR) is 96.4 cm³/mol. The second-order valence-electron chi connectivity index (χ2n) is 7.37. The van der Waals surface area contributed by atoms with E-state index in [1.807, 2.05) is 0 Å². The number of halogens is 2. The number of carbonyl (C=O) groups excluding carboxylic acids is 1. The maximum atomic E-state index is 14.8. The lowest BCUT2D eigenvalue weighted by Gasteiger charge is -2.38. The van der Waals surface area contributed by atoms with E-state index >= 15 is 0 Å². The van der Waals surface area contributed by atoms with Crippen molar-refractivity contribution in [3.8, 4) is 0 Å². The first-order valence-corrected chi connectivity index (χ1v) is 9.31. The fourth-order valence-electron chi connectivity index (χ4n) is 4.47. The minimum atomic E-state index is -0.944. The molecule has 2 aliphatic rings. The van der Waals surface area contributed by atoms with Gasteiger partial charge in [-0.1, -0.05) is 11.6 Å². The summed E-state index contributed by atoms with van der Waals surface area (Å²) < 4.78 is 14.8. The monoisotopic (exact) mass is 380 g/mol. The highest BCUT2D eigenvalue weighted by Gasteiger charge is 2.56. The Morgan fingerprint density at radius 1 is 1.50 bits per heavy atom. The van der Waals surface area contributed by atoms with Gasteiger partial charge in [-0.3, -0.25) is 5.10 Å². The van der Waals surface area contributed by atoms with Crippen LogP contribution in [-0.4, -0.2) is 46.4 Å². The van der Waals surface area contributed by atoms with E-state index in [4.69, 9.17) is 11.6 Å². The summed E-state index contributed by atoms with van der Waals surface area (Å²) in [5.41, 5.74) is 0.378. The Hall–Kier alpha value is -1.86. The number of aromatic nitrogens is 2. The number of nitrogens with zero attached hydrogens (tertiary/aromatic N) is 2. The van der Waals surface area contributed by atoms with Crippen LogP contribution < -0.4 is 5.32 Å². The number of benzene rings is 1. The van der Waals surface area contributed by atoms with Gasteiger partial charge in [0.05, 0.1) is 22.8 Å². The number of nitrogens with one attached hydrogen (secondary N) is 2. The van der Waals surface area contributed by atoms with Gasteiger partial charge in [0.25, 0.3) is 0 Å².